The molecule has 3 nitrogen and oxygen atoms in total. The molecule has 1 aromatic rings. The molecule has 0 aliphatic heterocycles. The third kappa shape index (κ3) is 2.77. The van der Waals surface area contributed by atoms with Gasteiger partial charge in [0.05, 0.1) is 5.56 Å². The normalized spacial score (nSPS) is 12.1. The monoisotopic (exact) mass is 271 g/mol. The van der Waals surface area contributed by atoms with Crippen LogP contribution in [-0.2, 0) is 12.4 Å². The molecular weight excluding hydrogens is 268 g/mol. The van der Waals surface area contributed by atoms with Crippen molar-refractivity contribution in [3.05, 3.63) is 23.3 Å². The van der Waals surface area contributed by atoms with Gasteiger partial charge in [-0.15, -0.1) is 5.26 Å². The largest absolute Gasteiger partial charge is 0.507 e. The second-order valence-electron chi connectivity index (χ2n) is 3.06. The van der Waals surface area contributed by atoms with Crippen molar-refractivity contribution >= 4 is 0 Å². The molecule has 0 atom stereocenters. The first-order valence-corrected chi connectivity index (χ1v) is 4.14. The van der Waals surface area contributed by atoms with Gasteiger partial charge in [-0.25, -0.2) is 0 Å². The molecule has 1 rings (SSSR count). The highest BCUT2D eigenvalue weighted by atomic mass is 19.4. The van der Waals surface area contributed by atoms with E-state index in [0.29, 0.717) is 0 Å². The van der Waals surface area contributed by atoms with E-state index in [9.17, 15) is 26.3 Å². The van der Waals surface area contributed by atoms with Crippen LogP contribution in [0.4, 0.5) is 26.3 Å². The van der Waals surface area contributed by atoms with Crippen molar-refractivity contribution < 1.29 is 36.2 Å². The van der Waals surface area contributed by atoms with Crippen LogP contribution < -0.4 is 4.74 Å². The van der Waals surface area contributed by atoms with Gasteiger partial charge < -0.3 is 9.84 Å². The average molecular weight is 271 g/mol. The molecule has 0 heterocycles. The van der Waals surface area contributed by atoms with Crippen molar-refractivity contribution in [3.8, 4) is 17.8 Å². The first kappa shape index (κ1) is 14.0. The summed E-state index contributed by atoms with van der Waals surface area (Å²) in [5, 5.41) is 17.1. The van der Waals surface area contributed by atoms with Crippen molar-refractivity contribution in [2.45, 2.75) is 12.4 Å². The Morgan fingerprint density at radius 1 is 1.06 bits per heavy atom. The standard InChI is InChI=1S/C9H3F6NO2/c10-8(11,12)4-1-5(17)7(9(13,14)15)6(2-4)18-3-16/h1-2,17H. The summed E-state index contributed by atoms with van der Waals surface area (Å²) in [4.78, 5) is 0. The van der Waals surface area contributed by atoms with Crippen molar-refractivity contribution in [3.63, 3.8) is 0 Å². The van der Waals surface area contributed by atoms with Crippen LogP contribution in [-0.4, -0.2) is 5.11 Å². The second kappa shape index (κ2) is 4.29. The van der Waals surface area contributed by atoms with Crippen LogP contribution in [0.1, 0.15) is 11.1 Å². The van der Waals surface area contributed by atoms with Crippen molar-refractivity contribution in [2.75, 3.05) is 0 Å². The van der Waals surface area contributed by atoms with Gasteiger partial charge in [0.1, 0.15) is 11.3 Å². The number of rotatable bonds is 1. The Hall–Kier alpha value is -2.11. The quantitative estimate of drug-likeness (QED) is 0.629. The lowest BCUT2D eigenvalue weighted by atomic mass is 10.1. The molecule has 0 aromatic heterocycles. The summed E-state index contributed by atoms with van der Waals surface area (Å²) < 4.78 is 78.0. The molecule has 18 heavy (non-hydrogen) atoms. The summed E-state index contributed by atoms with van der Waals surface area (Å²) in [6, 6.07) is -0.0984. The van der Waals surface area contributed by atoms with E-state index in [4.69, 9.17) is 10.4 Å². The Bertz CT molecular complexity index is 499. The Morgan fingerprint density at radius 3 is 2.00 bits per heavy atom. The summed E-state index contributed by atoms with van der Waals surface area (Å²) in [6.45, 7) is 0. The summed E-state index contributed by atoms with van der Waals surface area (Å²) in [6.07, 6.45) is -9.31. The van der Waals surface area contributed by atoms with Crippen LogP contribution in [0.25, 0.3) is 0 Å². The summed E-state index contributed by atoms with van der Waals surface area (Å²) in [7, 11) is 0. The number of ether oxygens (including phenoxy) is 1. The molecule has 0 amide bonds. The molecule has 0 bridgehead atoms. The van der Waals surface area contributed by atoms with Gasteiger partial charge in [-0.3, -0.25) is 0 Å². The van der Waals surface area contributed by atoms with E-state index in [1.807, 2.05) is 0 Å². The van der Waals surface area contributed by atoms with Gasteiger partial charge in [0.2, 0.25) is 0 Å². The molecule has 9 heteroatoms. The minimum Gasteiger partial charge on any atom is -0.507 e. The van der Waals surface area contributed by atoms with Crippen molar-refractivity contribution in [2.24, 2.45) is 0 Å². The Balaban J connectivity index is 3.52. The first-order valence-electron chi connectivity index (χ1n) is 4.14. The smallest absolute Gasteiger partial charge is 0.423 e. The van der Waals surface area contributed by atoms with E-state index in [1.165, 1.54) is 0 Å². The van der Waals surface area contributed by atoms with Gasteiger partial charge in [-0.2, -0.15) is 26.3 Å². The van der Waals surface area contributed by atoms with E-state index >= 15 is 0 Å². The lowest BCUT2D eigenvalue weighted by Gasteiger charge is -2.15. The average Bonchev–Trinajstić information content (AvgIpc) is 2.13. The highest BCUT2D eigenvalue weighted by molar-refractivity contribution is 5.50. The molecular formula is C9H3F6NO2. The van der Waals surface area contributed by atoms with E-state index in [2.05, 4.69) is 4.74 Å². The van der Waals surface area contributed by atoms with Crippen LogP contribution in [0.15, 0.2) is 12.1 Å². The van der Waals surface area contributed by atoms with Crippen LogP contribution in [0.2, 0.25) is 0 Å². The van der Waals surface area contributed by atoms with Gasteiger partial charge in [-0.05, 0) is 12.1 Å². The Labute approximate surface area is 95.8 Å². The third-order valence-corrected chi connectivity index (χ3v) is 1.85. The number of aromatic hydroxyl groups is 1. The zero-order valence-electron chi connectivity index (χ0n) is 8.23. The second-order valence-corrected chi connectivity index (χ2v) is 3.06. The lowest BCUT2D eigenvalue weighted by Crippen LogP contribution is -2.11. The maximum Gasteiger partial charge on any atom is 0.423 e. The third-order valence-electron chi connectivity index (χ3n) is 1.85. The molecule has 1 aromatic carbocycles. The SMILES string of the molecule is N#COc1cc(C(F)(F)F)cc(O)c1C(F)(F)F. The molecule has 0 unspecified atom stereocenters. The predicted molar refractivity (Wildman–Crippen MR) is 44.4 cm³/mol. The number of alkyl halides is 6. The predicted octanol–water partition coefficient (Wildman–Crippen LogP) is 3.29. The van der Waals surface area contributed by atoms with Crippen molar-refractivity contribution in [1.29, 1.82) is 5.26 Å². The minimum atomic E-state index is -5.15. The molecule has 0 saturated carbocycles. The number of phenols is 1. The number of nitriles is 1. The van der Waals surface area contributed by atoms with Gasteiger partial charge in [0.25, 0.3) is 6.26 Å². The lowest BCUT2D eigenvalue weighted by molar-refractivity contribution is -0.143. The molecule has 0 radical (unpaired) electrons. The molecule has 0 fully saturated rings. The highest BCUT2D eigenvalue weighted by Crippen LogP contribution is 2.45. The van der Waals surface area contributed by atoms with E-state index < -0.39 is 35.0 Å². The number of phenolic OH excluding ortho intramolecular Hbond substituents is 1. The van der Waals surface area contributed by atoms with Crippen LogP contribution in [0.3, 0.4) is 0 Å². The fourth-order valence-electron chi connectivity index (χ4n) is 1.18. The molecule has 0 aliphatic carbocycles. The zero-order valence-corrected chi connectivity index (χ0v) is 8.23. The molecule has 1 N–H and O–H groups in total. The summed E-state index contributed by atoms with van der Waals surface area (Å²) in [5.41, 5.74) is -3.39. The number of halogens is 6. The first-order chi connectivity index (χ1) is 8.07. The Morgan fingerprint density at radius 2 is 1.61 bits per heavy atom. The molecule has 0 saturated heterocycles. The highest BCUT2D eigenvalue weighted by Gasteiger charge is 2.41. The Kier molecular flexibility index (Phi) is 3.32. The fraction of sp³-hybridized carbons (Fsp3) is 0.222. The molecule has 0 aliphatic rings. The molecule has 98 valence electrons. The minimum absolute atomic E-state index is 0.00817. The van der Waals surface area contributed by atoms with Crippen LogP contribution in [0, 0.1) is 11.5 Å². The zero-order chi connectivity index (χ0) is 14.1. The van der Waals surface area contributed by atoms with Gasteiger partial charge in [0, 0.05) is 0 Å². The van der Waals surface area contributed by atoms with E-state index in [0.717, 1.165) is 6.26 Å². The number of hydrogen-bond acceptors (Lipinski definition) is 3. The van der Waals surface area contributed by atoms with Gasteiger partial charge in [-0.1, -0.05) is 0 Å². The number of benzene rings is 1. The topological polar surface area (TPSA) is 53.2 Å². The maximum atomic E-state index is 12.4. The van der Waals surface area contributed by atoms with Crippen molar-refractivity contribution in [1.82, 2.24) is 0 Å². The number of nitrogens with zero attached hydrogens (tertiary/aromatic N) is 1. The van der Waals surface area contributed by atoms with Crippen LogP contribution >= 0.6 is 0 Å². The maximum absolute atomic E-state index is 12.4. The fourth-order valence-corrected chi connectivity index (χ4v) is 1.18. The van der Waals surface area contributed by atoms with Gasteiger partial charge in [0.15, 0.2) is 5.75 Å². The summed E-state index contributed by atoms with van der Waals surface area (Å²) in [5.74, 6) is -3.07. The van der Waals surface area contributed by atoms with E-state index in [1.54, 1.807) is 0 Å². The molecule has 0 spiro atoms. The van der Waals surface area contributed by atoms with Gasteiger partial charge >= 0.3 is 12.4 Å². The van der Waals surface area contributed by atoms with E-state index in [-0.39, 0.29) is 12.1 Å². The number of hydrogen-bond donors (Lipinski definition) is 1. The summed E-state index contributed by atoms with van der Waals surface area (Å²) >= 11 is 0. The van der Waals surface area contributed by atoms with Crippen LogP contribution in [0.5, 0.6) is 11.5 Å².